The summed E-state index contributed by atoms with van der Waals surface area (Å²) >= 11 is 0. The fourth-order valence-electron chi connectivity index (χ4n) is 10.5. The Hall–Kier alpha value is -2.97. The number of hydrogen-bond donors (Lipinski definition) is 0. The van der Waals surface area contributed by atoms with E-state index >= 15 is 0 Å². The first kappa shape index (κ1) is 34.9. The Kier molecular flexibility index (Phi) is 9.73. The van der Waals surface area contributed by atoms with E-state index in [1.807, 2.05) is 0 Å². The van der Waals surface area contributed by atoms with E-state index < -0.39 is 18.6 Å². The lowest BCUT2D eigenvalue weighted by molar-refractivity contribution is -0.180. The van der Waals surface area contributed by atoms with Gasteiger partial charge in [0.1, 0.15) is 0 Å². The number of nitrogens with zero attached hydrogens (tertiary/aromatic N) is 2. The summed E-state index contributed by atoms with van der Waals surface area (Å²) < 4.78 is 12.4. The third-order valence-electron chi connectivity index (χ3n) is 13.2. The highest BCUT2D eigenvalue weighted by Gasteiger charge is 2.57. The van der Waals surface area contributed by atoms with Crippen LogP contribution in [0.3, 0.4) is 0 Å². The van der Waals surface area contributed by atoms with Crippen molar-refractivity contribution in [1.29, 1.82) is 0 Å². The average Bonchev–Trinajstić information content (AvgIpc) is 3.55. The van der Waals surface area contributed by atoms with Crippen LogP contribution in [0.15, 0.2) is 23.3 Å². The third-order valence-corrected chi connectivity index (χ3v) is 13.2. The first-order valence-electron chi connectivity index (χ1n) is 18.6. The quantitative estimate of drug-likeness (QED) is 0.163. The van der Waals surface area contributed by atoms with Gasteiger partial charge in [0.2, 0.25) is 23.6 Å². The molecule has 8 atom stereocenters. The van der Waals surface area contributed by atoms with E-state index in [-0.39, 0.29) is 83.8 Å². The number of fused-ring (bicyclic) bond motifs is 2. The summed E-state index contributed by atoms with van der Waals surface area (Å²) in [4.78, 5) is 69.5. The van der Waals surface area contributed by atoms with Gasteiger partial charge in [-0.2, -0.15) is 0 Å². The molecule has 6 aliphatic rings. The molecular weight excluding hydrogens is 608 g/mol. The fourth-order valence-corrected chi connectivity index (χ4v) is 10.5. The molecule has 9 nitrogen and oxygen atoms in total. The lowest BCUT2D eigenvalue weighted by atomic mass is 9.50. The zero-order chi connectivity index (χ0) is 34.5. The minimum Gasteiger partial charge on any atom is -0.409 e. The van der Waals surface area contributed by atoms with Crippen molar-refractivity contribution in [1.82, 2.24) is 9.80 Å². The molecule has 0 aromatic carbocycles. The molecule has 4 fully saturated rings. The largest absolute Gasteiger partial charge is 0.512 e. The molecule has 6 rings (SSSR count). The van der Waals surface area contributed by atoms with Crippen LogP contribution in [-0.2, 0) is 28.7 Å². The molecule has 4 amide bonds. The maximum Gasteiger partial charge on any atom is 0.512 e. The normalized spacial score (nSPS) is 36.9. The molecule has 2 saturated carbocycles. The summed E-state index contributed by atoms with van der Waals surface area (Å²) in [5.74, 6) is -0.743. The van der Waals surface area contributed by atoms with Crippen molar-refractivity contribution in [2.75, 3.05) is 0 Å². The maximum atomic E-state index is 14.1. The van der Waals surface area contributed by atoms with E-state index in [9.17, 15) is 24.0 Å². The highest BCUT2D eigenvalue weighted by Crippen LogP contribution is 2.59. The number of amides is 4. The van der Waals surface area contributed by atoms with Gasteiger partial charge < -0.3 is 9.47 Å². The number of likely N-dealkylation sites (tertiary alicyclic amines) is 2. The lowest BCUT2D eigenvalue weighted by Crippen LogP contribution is -2.57. The molecule has 0 aromatic rings. The number of imide groups is 2. The molecule has 0 radical (unpaired) electrons. The van der Waals surface area contributed by atoms with Crippen molar-refractivity contribution in [3.8, 4) is 0 Å². The Morgan fingerprint density at radius 3 is 1.31 bits per heavy atom. The summed E-state index contributed by atoms with van der Waals surface area (Å²) in [6.45, 7) is 13.4. The minimum absolute atomic E-state index is 0.0896. The molecule has 4 aliphatic carbocycles. The summed E-state index contributed by atoms with van der Waals surface area (Å²) in [5, 5.41) is 0. The van der Waals surface area contributed by atoms with Crippen molar-refractivity contribution in [3.63, 3.8) is 0 Å². The van der Waals surface area contributed by atoms with Crippen molar-refractivity contribution < 1.29 is 33.4 Å². The number of carbonyl (C=O) groups excluding carboxylic acids is 5. The van der Waals surface area contributed by atoms with E-state index in [2.05, 4.69) is 53.7 Å². The molecule has 0 aromatic heterocycles. The van der Waals surface area contributed by atoms with Gasteiger partial charge in [-0.15, -0.1) is 0 Å². The fraction of sp³-hybridized carbons (Fsp3) is 0.769. The molecule has 9 heteroatoms. The SMILES string of the molecule is C/C1=C\CC[C@H](C(OC(=O)OC([C@H]2CC/C=C(\C)CC[C@@H]3[C@@H]2CC3(C)C)N2C(=O)CCC2=O)N2C(=O)CCC2=O)[C@H]2CC(C)(C)[C@@H]2CC1. The van der Waals surface area contributed by atoms with E-state index in [1.54, 1.807) is 0 Å². The van der Waals surface area contributed by atoms with E-state index in [4.69, 9.17) is 9.47 Å². The van der Waals surface area contributed by atoms with Gasteiger partial charge in [-0.25, -0.2) is 14.6 Å². The van der Waals surface area contributed by atoms with Gasteiger partial charge >= 0.3 is 6.16 Å². The second kappa shape index (κ2) is 13.4. The summed E-state index contributed by atoms with van der Waals surface area (Å²) in [7, 11) is 0. The molecule has 2 aliphatic heterocycles. The van der Waals surface area contributed by atoms with Crippen LogP contribution in [0, 0.1) is 46.3 Å². The van der Waals surface area contributed by atoms with Gasteiger partial charge in [-0.3, -0.25) is 19.2 Å². The van der Waals surface area contributed by atoms with E-state index in [0.717, 1.165) is 51.4 Å². The van der Waals surface area contributed by atoms with Crippen molar-refractivity contribution in [2.24, 2.45) is 46.3 Å². The predicted molar refractivity (Wildman–Crippen MR) is 180 cm³/mol. The Balaban J connectivity index is 1.32. The van der Waals surface area contributed by atoms with Gasteiger partial charge in [0.15, 0.2) is 12.5 Å². The molecule has 2 heterocycles. The van der Waals surface area contributed by atoms with Crippen LogP contribution < -0.4 is 0 Å². The van der Waals surface area contributed by atoms with Crippen molar-refractivity contribution in [3.05, 3.63) is 23.3 Å². The lowest BCUT2D eigenvalue weighted by Gasteiger charge is -2.56. The van der Waals surface area contributed by atoms with Gasteiger partial charge in [-0.1, -0.05) is 51.0 Å². The number of rotatable bonds is 6. The molecule has 48 heavy (non-hydrogen) atoms. The number of ether oxygens (including phenoxy) is 2. The van der Waals surface area contributed by atoms with Crippen molar-refractivity contribution >= 4 is 29.8 Å². The van der Waals surface area contributed by atoms with Crippen molar-refractivity contribution in [2.45, 2.75) is 144 Å². The summed E-state index contributed by atoms with van der Waals surface area (Å²) in [6.07, 6.45) is 10.3. The second-order valence-corrected chi connectivity index (χ2v) is 17.2. The van der Waals surface area contributed by atoms with Crippen LogP contribution in [0.5, 0.6) is 0 Å². The third kappa shape index (κ3) is 6.64. The van der Waals surface area contributed by atoms with Crippen LogP contribution in [0.2, 0.25) is 0 Å². The molecule has 2 unspecified atom stereocenters. The zero-order valence-corrected chi connectivity index (χ0v) is 29.9. The molecular formula is C39H56N2O7. The highest BCUT2D eigenvalue weighted by molar-refractivity contribution is 6.03. The standard InChI is InChI=1S/C39H56N2O7/c1-23-9-7-11-25(27-21-38(3,4)29(27)15-13-23)35(40-31(42)17-18-32(40)43)47-37(46)48-36(41-33(44)19-20-34(41)45)26-12-8-10-24(2)14-16-30-28(26)22-39(30,5)6/h9-10,25-30,35-36H,7-8,11-22H2,1-6H3/b23-9+,24-10+/t25-,26-,27+,28+,29+,30+,35?,36?/m0/s1. The summed E-state index contributed by atoms with van der Waals surface area (Å²) in [6, 6.07) is 0. The zero-order valence-electron chi connectivity index (χ0n) is 29.9. The Bertz CT molecular complexity index is 1260. The van der Waals surface area contributed by atoms with Gasteiger partial charge in [0, 0.05) is 37.5 Å². The average molecular weight is 665 g/mol. The Morgan fingerprint density at radius 2 is 0.979 bits per heavy atom. The molecule has 264 valence electrons. The number of hydrogen-bond acceptors (Lipinski definition) is 7. The maximum absolute atomic E-state index is 14.1. The van der Waals surface area contributed by atoms with E-state index in [1.165, 1.54) is 20.9 Å². The highest BCUT2D eigenvalue weighted by atomic mass is 16.7. The molecule has 0 bridgehead atoms. The topological polar surface area (TPSA) is 110 Å². The number of allylic oxidation sites excluding steroid dienone is 4. The monoisotopic (exact) mass is 664 g/mol. The Morgan fingerprint density at radius 1 is 0.625 bits per heavy atom. The van der Waals surface area contributed by atoms with Crippen LogP contribution >= 0.6 is 0 Å². The van der Waals surface area contributed by atoms with Gasteiger partial charge in [0.05, 0.1) is 0 Å². The van der Waals surface area contributed by atoms with Crippen LogP contribution in [-0.4, -0.2) is 52.0 Å². The van der Waals surface area contributed by atoms with Crippen LogP contribution in [0.25, 0.3) is 0 Å². The molecule has 2 saturated heterocycles. The first-order chi connectivity index (χ1) is 22.7. The number of carbonyl (C=O) groups is 5. The van der Waals surface area contributed by atoms with Crippen LogP contribution in [0.1, 0.15) is 131 Å². The second-order valence-electron chi connectivity index (χ2n) is 17.2. The van der Waals surface area contributed by atoms with Gasteiger partial charge in [-0.05, 0) is 113 Å². The Labute approximate surface area is 286 Å². The predicted octanol–water partition coefficient (Wildman–Crippen LogP) is 7.69. The van der Waals surface area contributed by atoms with Crippen LogP contribution in [0.4, 0.5) is 4.79 Å². The first-order valence-corrected chi connectivity index (χ1v) is 18.6. The molecule has 0 N–H and O–H groups in total. The molecule has 0 spiro atoms. The minimum atomic E-state index is -1.09. The summed E-state index contributed by atoms with van der Waals surface area (Å²) in [5.41, 5.74) is 2.89. The van der Waals surface area contributed by atoms with E-state index in [0.29, 0.717) is 24.7 Å². The smallest absolute Gasteiger partial charge is 0.409 e. The van der Waals surface area contributed by atoms with Gasteiger partial charge in [0.25, 0.3) is 0 Å².